The lowest BCUT2D eigenvalue weighted by molar-refractivity contribution is 0.283. The molecule has 112 valence electrons. The molecule has 0 radical (unpaired) electrons. The topological polar surface area (TPSA) is 40.6 Å². The normalized spacial score (nSPS) is 20.9. The first-order chi connectivity index (χ1) is 9.45. The second-order valence-electron chi connectivity index (χ2n) is 4.98. The minimum atomic E-state index is -3.63. The zero-order chi connectivity index (χ0) is 14.8. The summed E-state index contributed by atoms with van der Waals surface area (Å²) in [7, 11) is -2.19. The summed E-state index contributed by atoms with van der Waals surface area (Å²) in [6.45, 7) is 0.904. The molecule has 0 saturated carbocycles. The van der Waals surface area contributed by atoms with Crippen LogP contribution in [0.1, 0.15) is 12.8 Å². The molecular weight excluding hydrogens is 303 g/mol. The highest BCUT2D eigenvalue weighted by molar-refractivity contribution is 7.90. The van der Waals surface area contributed by atoms with Crippen LogP contribution < -0.4 is 4.31 Å². The van der Waals surface area contributed by atoms with Crippen molar-refractivity contribution in [3.05, 3.63) is 30.1 Å². The third-order valence-corrected chi connectivity index (χ3v) is 5.87. The van der Waals surface area contributed by atoms with Crippen LogP contribution in [-0.4, -0.2) is 38.7 Å². The molecule has 0 spiro atoms. The van der Waals surface area contributed by atoms with E-state index in [0.717, 1.165) is 17.1 Å². The largest absolute Gasteiger partial charge is 0.303 e. The van der Waals surface area contributed by atoms with Gasteiger partial charge in [-0.15, -0.1) is 11.6 Å². The predicted molar refractivity (Wildman–Crippen MR) is 78.7 cm³/mol. The van der Waals surface area contributed by atoms with Crippen LogP contribution in [0.2, 0.25) is 0 Å². The maximum Gasteiger partial charge on any atom is 0.303 e. The molecule has 2 rings (SSSR count). The molecule has 1 saturated heterocycles. The molecule has 1 heterocycles. The van der Waals surface area contributed by atoms with Gasteiger partial charge in [0.2, 0.25) is 0 Å². The molecule has 0 aliphatic carbocycles. The average molecular weight is 321 g/mol. The first kappa shape index (κ1) is 15.5. The molecule has 1 atom stereocenters. The Hall–Kier alpha value is -0.850. The standard InChI is InChI=1S/C13H18ClFN2O2S/c1-16(13-6-2-5-12(15)8-13)20(18,19)17-7-3-4-11(9-14)10-17/h2,5-6,8,11H,3-4,7,9-10H2,1H3. The number of hydrogen-bond acceptors (Lipinski definition) is 2. The molecule has 1 aromatic carbocycles. The molecular formula is C13H18ClFN2O2S. The number of benzene rings is 1. The maximum absolute atomic E-state index is 13.2. The minimum absolute atomic E-state index is 0.182. The SMILES string of the molecule is CN(c1cccc(F)c1)S(=O)(=O)N1CCCC(CCl)C1. The van der Waals surface area contributed by atoms with Gasteiger partial charge >= 0.3 is 10.2 Å². The Morgan fingerprint density at radius 2 is 2.25 bits per heavy atom. The van der Waals surface area contributed by atoms with Crippen LogP contribution in [0.25, 0.3) is 0 Å². The first-order valence-electron chi connectivity index (χ1n) is 6.50. The Labute approximate surface area is 124 Å². The van der Waals surface area contributed by atoms with E-state index < -0.39 is 16.0 Å². The van der Waals surface area contributed by atoms with Crippen LogP contribution in [0.3, 0.4) is 0 Å². The number of anilines is 1. The van der Waals surface area contributed by atoms with E-state index in [1.807, 2.05) is 0 Å². The predicted octanol–water partition coefficient (Wildman–Crippen LogP) is 2.46. The monoisotopic (exact) mass is 320 g/mol. The Kier molecular flexibility index (Phi) is 4.88. The fourth-order valence-corrected chi connectivity index (χ4v) is 4.08. The molecule has 1 aliphatic rings. The van der Waals surface area contributed by atoms with Crippen LogP contribution in [0.5, 0.6) is 0 Å². The van der Waals surface area contributed by atoms with E-state index >= 15 is 0 Å². The third kappa shape index (κ3) is 3.24. The zero-order valence-corrected chi connectivity index (χ0v) is 12.9. The van der Waals surface area contributed by atoms with Crippen molar-refractivity contribution in [3.8, 4) is 0 Å². The van der Waals surface area contributed by atoms with Crippen molar-refractivity contribution in [2.75, 3.05) is 30.3 Å². The lowest BCUT2D eigenvalue weighted by atomic mass is 10.0. The third-order valence-electron chi connectivity index (χ3n) is 3.54. The van der Waals surface area contributed by atoms with Crippen molar-refractivity contribution in [2.45, 2.75) is 12.8 Å². The number of piperidine rings is 1. The lowest BCUT2D eigenvalue weighted by Gasteiger charge is -2.34. The van der Waals surface area contributed by atoms with Gasteiger partial charge in [-0.1, -0.05) is 6.07 Å². The highest BCUT2D eigenvalue weighted by Crippen LogP contribution is 2.24. The summed E-state index contributed by atoms with van der Waals surface area (Å²) in [5.74, 6) is 0.179. The van der Waals surface area contributed by atoms with Crippen molar-refractivity contribution in [1.82, 2.24) is 4.31 Å². The fourth-order valence-electron chi connectivity index (χ4n) is 2.34. The number of halogens is 2. The highest BCUT2D eigenvalue weighted by Gasteiger charge is 2.31. The number of hydrogen-bond donors (Lipinski definition) is 0. The number of alkyl halides is 1. The van der Waals surface area contributed by atoms with Gasteiger partial charge in [-0.2, -0.15) is 12.7 Å². The zero-order valence-electron chi connectivity index (χ0n) is 11.3. The molecule has 0 aromatic heterocycles. The van der Waals surface area contributed by atoms with E-state index in [1.54, 1.807) is 6.07 Å². The molecule has 0 amide bonds. The molecule has 4 nitrogen and oxygen atoms in total. The smallest absolute Gasteiger partial charge is 0.261 e. The van der Waals surface area contributed by atoms with Crippen molar-refractivity contribution >= 4 is 27.5 Å². The van der Waals surface area contributed by atoms with Gasteiger partial charge in [0, 0.05) is 26.0 Å². The summed E-state index contributed by atoms with van der Waals surface area (Å²) >= 11 is 5.83. The van der Waals surface area contributed by atoms with E-state index in [-0.39, 0.29) is 5.92 Å². The molecule has 20 heavy (non-hydrogen) atoms. The van der Waals surface area contributed by atoms with Gasteiger partial charge in [-0.3, -0.25) is 4.31 Å². The average Bonchev–Trinajstić information content (AvgIpc) is 2.46. The van der Waals surface area contributed by atoms with Crippen molar-refractivity contribution in [1.29, 1.82) is 0 Å². The molecule has 7 heteroatoms. The number of rotatable bonds is 4. The van der Waals surface area contributed by atoms with Crippen LogP contribution in [0.4, 0.5) is 10.1 Å². The summed E-state index contributed by atoms with van der Waals surface area (Å²) < 4.78 is 40.9. The minimum Gasteiger partial charge on any atom is -0.261 e. The maximum atomic E-state index is 13.2. The van der Waals surface area contributed by atoms with E-state index in [9.17, 15) is 12.8 Å². The molecule has 0 N–H and O–H groups in total. The van der Waals surface area contributed by atoms with Gasteiger partial charge in [0.25, 0.3) is 0 Å². The Morgan fingerprint density at radius 3 is 2.90 bits per heavy atom. The fraction of sp³-hybridized carbons (Fsp3) is 0.538. The Balaban J connectivity index is 2.21. The first-order valence-corrected chi connectivity index (χ1v) is 8.44. The van der Waals surface area contributed by atoms with Crippen LogP contribution in [0.15, 0.2) is 24.3 Å². The van der Waals surface area contributed by atoms with Crippen LogP contribution >= 0.6 is 11.6 Å². The van der Waals surface area contributed by atoms with Crippen molar-refractivity contribution < 1.29 is 12.8 Å². The van der Waals surface area contributed by atoms with Crippen molar-refractivity contribution in [2.24, 2.45) is 5.92 Å². The second kappa shape index (κ2) is 6.28. The highest BCUT2D eigenvalue weighted by atomic mass is 35.5. The summed E-state index contributed by atoms with van der Waals surface area (Å²) in [5.41, 5.74) is 0.318. The van der Waals surface area contributed by atoms with Gasteiger partial charge < -0.3 is 0 Å². The number of nitrogens with zero attached hydrogens (tertiary/aromatic N) is 2. The lowest BCUT2D eigenvalue weighted by Crippen LogP contribution is -2.47. The van der Waals surface area contributed by atoms with Gasteiger partial charge in [0.05, 0.1) is 5.69 Å². The summed E-state index contributed by atoms with van der Waals surface area (Å²) in [6, 6.07) is 5.56. The molecule has 1 fully saturated rings. The van der Waals surface area contributed by atoms with Crippen LogP contribution in [0, 0.1) is 11.7 Å². The van der Waals surface area contributed by atoms with E-state index in [4.69, 9.17) is 11.6 Å². The molecule has 1 aromatic rings. The quantitative estimate of drug-likeness (QED) is 0.800. The van der Waals surface area contributed by atoms with E-state index in [2.05, 4.69) is 0 Å². The summed E-state index contributed by atoms with van der Waals surface area (Å²) in [6.07, 6.45) is 1.74. The molecule has 0 bridgehead atoms. The Morgan fingerprint density at radius 1 is 1.50 bits per heavy atom. The second-order valence-corrected chi connectivity index (χ2v) is 7.24. The van der Waals surface area contributed by atoms with Crippen LogP contribution in [-0.2, 0) is 10.2 Å². The molecule has 1 aliphatic heterocycles. The summed E-state index contributed by atoms with van der Waals surface area (Å²) in [4.78, 5) is 0. The van der Waals surface area contributed by atoms with Gasteiger partial charge in [-0.25, -0.2) is 4.39 Å². The van der Waals surface area contributed by atoms with Gasteiger partial charge in [0.15, 0.2) is 0 Å². The van der Waals surface area contributed by atoms with Gasteiger partial charge in [0.1, 0.15) is 5.82 Å². The van der Waals surface area contributed by atoms with Crippen molar-refractivity contribution in [3.63, 3.8) is 0 Å². The van der Waals surface area contributed by atoms with E-state index in [0.29, 0.717) is 24.7 Å². The Bertz CT molecular complexity index is 567. The molecule has 1 unspecified atom stereocenters. The van der Waals surface area contributed by atoms with E-state index in [1.165, 1.54) is 29.6 Å². The van der Waals surface area contributed by atoms with Gasteiger partial charge in [-0.05, 0) is 37.0 Å². The summed E-state index contributed by atoms with van der Waals surface area (Å²) in [5, 5.41) is 0.